The van der Waals surface area contributed by atoms with E-state index in [1.54, 1.807) is 5.57 Å². The van der Waals surface area contributed by atoms with Crippen LogP contribution in [-0.4, -0.2) is 35.4 Å². The third-order valence-electron chi connectivity index (χ3n) is 11.1. The second-order valence-electron chi connectivity index (χ2n) is 13.7. The molecule has 0 heterocycles. The van der Waals surface area contributed by atoms with Gasteiger partial charge in [0.2, 0.25) is 6.54 Å². The van der Waals surface area contributed by atoms with Crippen LogP contribution in [0.25, 0.3) is 0 Å². The Bertz CT molecular complexity index is 780. The monoisotopic (exact) mass is 489 g/mol. The van der Waals surface area contributed by atoms with Gasteiger partial charge in [-0.25, -0.2) is 0 Å². The Hall–Kier alpha value is -0.940. The molecular formula is C30H51NO4. The minimum atomic E-state index is -1.01. The molecule has 0 aliphatic heterocycles. The number of hydrogen-bond donors (Lipinski definition) is 1. The van der Waals surface area contributed by atoms with Crippen LogP contribution in [0.1, 0.15) is 105 Å². The van der Waals surface area contributed by atoms with Gasteiger partial charge in [-0.2, -0.15) is 0 Å². The highest BCUT2D eigenvalue weighted by Gasteiger charge is 2.59. The summed E-state index contributed by atoms with van der Waals surface area (Å²) in [5.74, 6) is 5.06. The number of aliphatic hydroxyl groups is 1. The summed E-state index contributed by atoms with van der Waals surface area (Å²) in [5.41, 5.74) is 2.37. The summed E-state index contributed by atoms with van der Waals surface area (Å²) in [5, 5.41) is 20.5. The predicted molar refractivity (Wildman–Crippen MR) is 141 cm³/mol. The lowest BCUT2D eigenvalue weighted by molar-refractivity contribution is -0.491. The van der Waals surface area contributed by atoms with E-state index in [0.717, 1.165) is 54.8 Å². The number of rotatable bonds is 10. The molecule has 4 aliphatic carbocycles. The van der Waals surface area contributed by atoms with Gasteiger partial charge in [0, 0.05) is 4.92 Å². The molecule has 0 aromatic carbocycles. The van der Waals surface area contributed by atoms with E-state index in [9.17, 15) is 15.2 Å². The Morgan fingerprint density at radius 1 is 1.11 bits per heavy atom. The largest absolute Gasteiger partial charge is 0.384 e. The average Bonchev–Trinajstić information content (AvgIpc) is 3.14. The number of ether oxygens (including phenoxy) is 1. The normalized spacial score (nSPS) is 40.4. The van der Waals surface area contributed by atoms with Crippen molar-refractivity contribution in [3.8, 4) is 0 Å². The van der Waals surface area contributed by atoms with Gasteiger partial charge in [0.1, 0.15) is 6.10 Å². The summed E-state index contributed by atoms with van der Waals surface area (Å²) in [6, 6.07) is 0. The van der Waals surface area contributed by atoms with Crippen LogP contribution in [-0.2, 0) is 4.74 Å². The Labute approximate surface area is 213 Å². The molecule has 0 saturated heterocycles. The molecule has 200 valence electrons. The van der Waals surface area contributed by atoms with Gasteiger partial charge >= 0.3 is 0 Å². The van der Waals surface area contributed by atoms with Crippen LogP contribution in [0.3, 0.4) is 0 Å². The zero-order valence-electron chi connectivity index (χ0n) is 23.0. The van der Waals surface area contributed by atoms with Gasteiger partial charge in [-0.05, 0) is 97.7 Å². The maximum absolute atomic E-state index is 10.6. The van der Waals surface area contributed by atoms with Gasteiger partial charge in [0.05, 0.1) is 12.7 Å². The van der Waals surface area contributed by atoms with E-state index >= 15 is 0 Å². The lowest BCUT2D eigenvalue weighted by atomic mass is 9.47. The summed E-state index contributed by atoms with van der Waals surface area (Å²) < 4.78 is 5.95. The second kappa shape index (κ2) is 10.8. The van der Waals surface area contributed by atoms with Gasteiger partial charge in [-0.1, -0.05) is 65.5 Å². The van der Waals surface area contributed by atoms with Gasteiger partial charge in [-0.3, -0.25) is 10.1 Å². The maximum atomic E-state index is 10.6. The molecule has 5 heteroatoms. The number of fused-ring (bicyclic) bond motifs is 5. The number of nitro groups is 1. The first-order valence-corrected chi connectivity index (χ1v) is 14.7. The highest BCUT2D eigenvalue weighted by Crippen LogP contribution is 2.67. The molecule has 0 radical (unpaired) electrons. The van der Waals surface area contributed by atoms with Crippen LogP contribution < -0.4 is 0 Å². The maximum Gasteiger partial charge on any atom is 0.231 e. The summed E-state index contributed by atoms with van der Waals surface area (Å²) in [4.78, 5) is 10.2. The molecule has 9 atom stereocenters. The van der Waals surface area contributed by atoms with Crippen molar-refractivity contribution in [3.05, 3.63) is 21.8 Å². The van der Waals surface area contributed by atoms with Gasteiger partial charge in [-0.15, -0.1) is 0 Å². The SMILES string of the molecule is CC(C)CCC[C@@H](C)[C@H]1CC[C@H]2[C@@H]3CC=C4C[C@@H](OCC(O)C[N+](=O)[O-])CC[C@]4(C)[C@H]3CC[C@]12C. The molecular weight excluding hydrogens is 438 g/mol. The van der Waals surface area contributed by atoms with E-state index in [1.807, 2.05) is 0 Å². The summed E-state index contributed by atoms with van der Waals surface area (Å²) in [6.45, 7) is 12.1. The summed E-state index contributed by atoms with van der Waals surface area (Å²) in [6.07, 6.45) is 15.7. The highest BCUT2D eigenvalue weighted by atomic mass is 16.6. The van der Waals surface area contributed by atoms with Crippen molar-refractivity contribution >= 4 is 0 Å². The Morgan fingerprint density at radius 2 is 1.89 bits per heavy atom. The van der Waals surface area contributed by atoms with Crippen molar-refractivity contribution in [2.75, 3.05) is 13.2 Å². The molecule has 5 nitrogen and oxygen atoms in total. The van der Waals surface area contributed by atoms with E-state index in [0.29, 0.717) is 5.41 Å². The van der Waals surface area contributed by atoms with Gasteiger partial charge < -0.3 is 9.84 Å². The molecule has 0 amide bonds. The molecule has 0 spiro atoms. The Morgan fingerprint density at radius 3 is 2.60 bits per heavy atom. The standard InChI is InChI=1S/C30H51NO4/c1-20(2)7-6-8-21(3)26-11-12-27-25-10-9-22-17-24(35-19-23(32)18-31(33)34)13-15-29(22,4)28(25)14-16-30(26,27)5/h9,20-21,23-28,32H,6-8,10-19H2,1-5H3/t21-,23?,24+,25+,26-,27+,28+,29+,30-/m1/s1. The third-order valence-corrected chi connectivity index (χ3v) is 11.1. The van der Waals surface area contributed by atoms with E-state index < -0.39 is 17.6 Å². The van der Waals surface area contributed by atoms with Crippen molar-refractivity contribution in [1.82, 2.24) is 0 Å². The zero-order valence-corrected chi connectivity index (χ0v) is 23.0. The third kappa shape index (κ3) is 5.51. The van der Waals surface area contributed by atoms with E-state index in [4.69, 9.17) is 4.74 Å². The Balaban J connectivity index is 1.39. The van der Waals surface area contributed by atoms with Crippen LogP contribution in [0, 0.1) is 56.5 Å². The summed E-state index contributed by atoms with van der Waals surface area (Å²) in [7, 11) is 0. The lowest BCUT2D eigenvalue weighted by Crippen LogP contribution is -2.51. The number of hydrogen-bond acceptors (Lipinski definition) is 4. The first-order chi connectivity index (χ1) is 16.5. The first kappa shape index (κ1) is 27.1. The van der Waals surface area contributed by atoms with Crippen molar-refractivity contribution in [3.63, 3.8) is 0 Å². The van der Waals surface area contributed by atoms with Gasteiger partial charge in [0.25, 0.3) is 0 Å². The van der Waals surface area contributed by atoms with Crippen LogP contribution in [0.2, 0.25) is 0 Å². The van der Waals surface area contributed by atoms with Crippen molar-refractivity contribution in [2.45, 2.75) is 117 Å². The fourth-order valence-electron chi connectivity index (χ4n) is 9.27. The molecule has 3 fully saturated rings. The Kier molecular flexibility index (Phi) is 8.37. The van der Waals surface area contributed by atoms with E-state index in [2.05, 4.69) is 40.7 Å². The summed E-state index contributed by atoms with van der Waals surface area (Å²) >= 11 is 0. The van der Waals surface area contributed by atoms with Crippen molar-refractivity contribution < 1.29 is 14.8 Å². The van der Waals surface area contributed by atoms with Gasteiger partial charge in [0.15, 0.2) is 0 Å². The van der Waals surface area contributed by atoms with Crippen LogP contribution >= 0.6 is 0 Å². The lowest BCUT2D eigenvalue weighted by Gasteiger charge is -2.58. The average molecular weight is 490 g/mol. The smallest absolute Gasteiger partial charge is 0.231 e. The first-order valence-electron chi connectivity index (χ1n) is 14.7. The minimum absolute atomic E-state index is 0.0683. The van der Waals surface area contributed by atoms with Crippen molar-refractivity contribution in [1.29, 1.82) is 0 Å². The highest BCUT2D eigenvalue weighted by molar-refractivity contribution is 5.25. The quantitative estimate of drug-likeness (QED) is 0.203. The molecule has 35 heavy (non-hydrogen) atoms. The van der Waals surface area contributed by atoms with Crippen LogP contribution in [0.15, 0.2) is 11.6 Å². The molecule has 1 unspecified atom stereocenters. The molecule has 3 saturated carbocycles. The molecule has 1 N–H and O–H groups in total. The topological polar surface area (TPSA) is 72.6 Å². The molecule has 0 bridgehead atoms. The fraction of sp³-hybridized carbons (Fsp3) is 0.933. The molecule has 4 aliphatic rings. The molecule has 0 aromatic rings. The van der Waals surface area contributed by atoms with Crippen LogP contribution in [0.4, 0.5) is 0 Å². The fourth-order valence-corrected chi connectivity index (χ4v) is 9.27. The number of nitrogens with zero attached hydrogens (tertiary/aromatic N) is 1. The van der Waals surface area contributed by atoms with Crippen molar-refractivity contribution in [2.24, 2.45) is 46.3 Å². The second-order valence-corrected chi connectivity index (χ2v) is 13.7. The number of allylic oxidation sites excluding steroid dienone is 1. The molecule has 0 aromatic heterocycles. The van der Waals surface area contributed by atoms with E-state index in [1.165, 1.54) is 51.4 Å². The number of aliphatic hydroxyl groups excluding tert-OH is 1. The molecule has 4 rings (SSSR count). The minimum Gasteiger partial charge on any atom is -0.384 e. The van der Waals surface area contributed by atoms with E-state index in [-0.39, 0.29) is 18.1 Å². The predicted octanol–water partition coefficient (Wildman–Crippen LogP) is 7.05. The zero-order chi connectivity index (χ0) is 25.4. The van der Waals surface area contributed by atoms with Crippen LogP contribution in [0.5, 0.6) is 0 Å².